The predicted octanol–water partition coefficient (Wildman–Crippen LogP) is 1.74. The van der Waals surface area contributed by atoms with E-state index >= 15 is 0 Å². The molecule has 4 N–H and O–H groups in total. The van der Waals surface area contributed by atoms with Gasteiger partial charge in [0.1, 0.15) is 0 Å². The van der Waals surface area contributed by atoms with Crippen LogP contribution in [0, 0.1) is 11.8 Å². The molecule has 0 radical (unpaired) electrons. The maximum absolute atomic E-state index is 11.0. The topological polar surface area (TPSA) is 75.4 Å². The van der Waals surface area contributed by atoms with Gasteiger partial charge in [-0.1, -0.05) is 12.8 Å². The average molecular weight is 282 g/mol. The van der Waals surface area contributed by atoms with E-state index in [1.807, 2.05) is 6.07 Å². The summed E-state index contributed by atoms with van der Waals surface area (Å²) in [6.45, 7) is 2.01. The standard InChI is InChI=1S/C14H22N2O2S/c15-14(18)12-5-13(19-9-12)7-16-6-10-3-1-2-4-11(10)8-17/h5,9-11,16-17H,1-4,6-8H2,(H2,15,18). The van der Waals surface area contributed by atoms with E-state index in [1.54, 1.807) is 16.7 Å². The lowest BCUT2D eigenvalue weighted by Gasteiger charge is -2.30. The number of thiophene rings is 1. The van der Waals surface area contributed by atoms with E-state index in [1.165, 1.54) is 19.3 Å². The highest BCUT2D eigenvalue weighted by Crippen LogP contribution is 2.29. The molecule has 0 saturated heterocycles. The summed E-state index contributed by atoms with van der Waals surface area (Å²) in [4.78, 5) is 12.1. The maximum atomic E-state index is 11.0. The summed E-state index contributed by atoms with van der Waals surface area (Å²) in [6, 6.07) is 1.85. The summed E-state index contributed by atoms with van der Waals surface area (Å²) >= 11 is 1.56. The van der Waals surface area contributed by atoms with Crippen LogP contribution in [-0.2, 0) is 6.54 Å². The summed E-state index contributed by atoms with van der Waals surface area (Å²) in [5, 5.41) is 14.6. The van der Waals surface area contributed by atoms with Gasteiger partial charge in [-0.3, -0.25) is 4.79 Å². The number of hydrogen-bond acceptors (Lipinski definition) is 4. The molecule has 1 amide bonds. The number of nitrogens with two attached hydrogens (primary N) is 1. The second-order valence-electron chi connectivity index (χ2n) is 5.28. The number of carbonyl (C=O) groups is 1. The molecule has 0 aromatic carbocycles. The van der Waals surface area contributed by atoms with E-state index in [4.69, 9.17) is 5.73 Å². The first kappa shape index (κ1) is 14.5. The summed E-state index contributed by atoms with van der Waals surface area (Å²) in [6.07, 6.45) is 4.87. The molecule has 1 aliphatic rings. The zero-order chi connectivity index (χ0) is 13.7. The van der Waals surface area contributed by atoms with Gasteiger partial charge in [-0.2, -0.15) is 0 Å². The molecule has 4 nitrogen and oxygen atoms in total. The van der Waals surface area contributed by atoms with Crippen LogP contribution < -0.4 is 11.1 Å². The highest BCUT2D eigenvalue weighted by atomic mass is 32.1. The fraction of sp³-hybridized carbons (Fsp3) is 0.643. The van der Waals surface area contributed by atoms with Crippen LogP contribution in [0.3, 0.4) is 0 Å². The van der Waals surface area contributed by atoms with E-state index in [2.05, 4.69) is 5.32 Å². The molecule has 106 valence electrons. The van der Waals surface area contributed by atoms with Crippen molar-refractivity contribution in [2.75, 3.05) is 13.2 Å². The number of aliphatic hydroxyl groups is 1. The first-order valence-corrected chi connectivity index (χ1v) is 7.77. The molecule has 19 heavy (non-hydrogen) atoms. The minimum Gasteiger partial charge on any atom is -0.396 e. The van der Waals surface area contributed by atoms with Gasteiger partial charge in [0, 0.05) is 23.4 Å². The summed E-state index contributed by atoms with van der Waals surface area (Å²) in [5.41, 5.74) is 5.82. The lowest BCUT2D eigenvalue weighted by atomic mass is 9.79. The van der Waals surface area contributed by atoms with Crippen molar-refractivity contribution in [2.24, 2.45) is 17.6 Å². The number of carbonyl (C=O) groups excluding carboxylic acids is 1. The Morgan fingerprint density at radius 1 is 1.42 bits per heavy atom. The number of nitrogens with one attached hydrogen (secondary N) is 1. The molecule has 5 heteroatoms. The smallest absolute Gasteiger partial charge is 0.249 e. The van der Waals surface area contributed by atoms with E-state index in [9.17, 15) is 9.90 Å². The quantitative estimate of drug-likeness (QED) is 0.744. The first-order chi connectivity index (χ1) is 9.20. The molecule has 1 aliphatic carbocycles. The zero-order valence-corrected chi connectivity index (χ0v) is 11.9. The van der Waals surface area contributed by atoms with Crippen molar-refractivity contribution in [1.29, 1.82) is 0 Å². The molecule has 1 aromatic heterocycles. The Labute approximate surface area is 118 Å². The predicted molar refractivity (Wildman–Crippen MR) is 77.1 cm³/mol. The third-order valence-electron chi connectivity index (χ3n) is 3.95. The highest BCUT2D eigenvalue weighted by Gasteiger charge is 2.23. The number of primary amides is 1. The normalized spacial score (nSPS) is 23.4. The van der Waals surface area contributed by atoms with Crippen molar-refractivity contribution in [3.05, 3.63) is 21.9 Å². The van der Waals surface area contributed by atoms with Crippen molar-refractivity contribution in [3.63, 3.8) is 0 Å². The summed E-state index contributed by atoms with van der Waals surface area (Å²) in [7, 11) is 0. The Bertz CT molecular complexity index is 419. The van der Waals surface area contributed by atoms with Crippen molar-refractivity contribution in [3.8, 4) is 0 Å². The first-order valence-electron chi connectivity index (χ1n) is 6.89. The number of amides is 1. The largest absolute Gasteiger partial charge is 0.396 e. The van der Waals surface area contributed by atoms with Crippen LogP contribution in [0.15, 0.2) is 11.4 Å². The second kappa shape index (κ2) is 7.03. The zero-order valence-electron chi connectivity index (χ0n) is 11.1. The van der Waals surface area contributed by atoms with Gasteiger partial charge in [0.25, 0.3) is 0 Å². The molecule has 2 unspecified atom stereocenters. The van der Waals surface area contributed by atoms with Gasteiger partial charge >= 0.3 is 0 Å². The van der Waals surface area contributed by atoms with E-state index in [-0.39, 0.29) is 5.91 Å². The fourth-order valence-electron chi connectivity index (χ4n) is 2.78. The van der Waals surface area contributed by atoms with Crippen LogP contribution in [0.2, 0.25) is 0 Å². The SMILES string of the molecule is NC(=O)c1csc(CNCC2CCCCC2CO)c1. The van der Waals surface area contributed by atoms with Gasteiger partial charge in [0.05, 0.1) is 5.56 Å². The molecular weight excluding hydrogens is 260 g/mol. The molecule has 2 atom stereocenters. The molecule has 1 fully saturated rings. The monoisotopic (exact) mass is 282 g/mol. The van der Waals surface area contributed by atoms with Crippen LogP contribution in [0.4, 0.5) is 0 Å². The van der Waals surface area contributed by atoms with Gasteiger partial charge in [-0.25, -0.2) is 0 Å². The van der Waals surface area contributed by atoms with Crippen molar-refractivity contribution in [2.45, 2.75) is 32.2 Å². The summed E-state index contributed by atoms with van der Waals surface area (Å²) < 4.78 is 0. The van der Waals surface area contributed by atoms with Crippen LogP contribution in [-0.4, -0.2) is 24.2 Å². The van der Waals surface area contributed by atoms with Crippen LogP contribution in [0.25, 0.3) is 0 Å². The maximum Gasteiger partial charge on any atom is 0.249 e. The second-order valence-corrected chi connectivity index (χ2v) is 6.28. The third kappa shape index (κ3) is 4.03. The van der Waals surface area contributed by atoms with Crippen LogP contribution >= 0.6 is 11.3 Å². The van der Waals surface area contributed by atoms with E-state index in [0.717, 1.165) is 24.4 Å². The Morgan fingerprint density at radius 2 is 2.16 bits per heavy atom. The van der Waals surface area contributed by atoms with E-state index < -0.39 is 0 Å². The van der Waals surface area contributed by atoms with Crippen molar-refractivity contribution < 1.29 is 9.90 Å². The Morgan fingerprint density at radius 3 is 2.79 bits per heavy atom. The van der Waals surface area contributed by atoms with Gasteiger partial charge in [0.15, 0.2) is 0 Å². The highest BCUT2D eigenvalue weighted by molar-refractivity contribution is 7.10. The molecule has 2 rings (SSSR count). The number of aliphatic hydroxyl groups excluding tert-OH is 1. The van der Waals surface area contributed by atoms with Gasteiger partial charge in [-0.05, 0) is 37.3 Å². The lowest BCUT2D eigenvalue weighted by molar-refractivity contribution is 0.100. The minimum atomic E-state index is -0.366. The van der Waals surface area contributed by atoms with Gasteiger partial charge < -0.3 is 16.2 Å². The van der Waals surface area contributed by atoms with E-state index in [0.29, 0.717) is 24.0 Å². The van der Waals surface area contributed by atoms with Gasteiger partial charge in [0.2, 0.25) is 5.91 Å². The molecule has 0 aliphatic heterocycles. The molecule has 1 heterocycles. The van der Waals surface area contributed by atoms with Crippen molar-refractivity contribution >= 4 is 17.2 Å². The molecule has 0 spiro atoms. The Hall–Kier alpha value is -0.910. The third-order valence-corrected chi connectivity index (χ3v) is 4.88. The van der Waals surface area contributed by atoms with Crippen molar-refractivity contribution in [1.82, 2.24) is 5.32 Å². The summed E-state index contributed by atoms with van der Waals surface area (Å²) in [5.74, 6) is 0.662. The van der Waals surface area contributed by atoms with Crippen LogP contribution in [0.5, 0.6) is 0 Å². The Kier molecular flexibility index (Phi) is 5.36. The Balaban J connectivity index is 1.77. The molecular formula is C14H22N2O2S. The fourth-order valence-corrected chi connectivity index (χ4v) is 3.62. The minimum absolute atomic E-state index is 0.303. The average Bonchev–Trinajstić information content (AvgIpc) is 2.88. The number of hydrogen-bond donors (Lipinski definition) is 3. The van der Waals surface area contributed by atoms with Gasteiger partial charge in [-0.15, -0.1) is 11.3 Å². The molecule has 0 bridgehead atoms. The molecule has 1 saturated carbocycles. The number of rotatable bonds is 6. The molecule has 1 aromatic rings. The van der Waals surface area contributed by atoms with Crippen LogP contribution in [0.1, 0.15) is 40.9 Å². The lowest BCUT2D eigenvalue weighted by Crippen LogP contribution is -2.32.